The number of carbonyl (C=O) groups excluding carboxylic acids is 2. The lowest BCUT2D eigenvalue weighted by molar-refractivity contribution is 0.0564. The van der Waals surface area contributed by atoms with Crippen LogP contribution in [0.25, 0.3) is 0 Å². The van der Waals surface area contributed by atoms with Crippen LogP contribution in [0.15, 0.2) is 48.7 Å². The van der Waals surface area contributed by atoms with E-state index in [1.165, 1.54) is 0 Å². The van der Waals surface area contributed by atoms with Gasteiger partial charge >= 0.3 is 12.2 Å². The largest absolute Gasteiger partial charge is 0.445 e. The number of rotatable bonds is 5. The molecule has 188 valence electrons. The third kappa shape index (κ3) is 6.53. The van der Waals surface area contributed by atoms with Crippen LogP contribution in [-0.2, 0) is 16.1 Å². The van der Waals surface area contributed by atoms with Crippen molar-refractivity contribution >= 4 is 18.0 Å². The van der Waals surface area contributed by atoms with E-state index >= 15 is 0 Å². The van der Waals surface area contributed by atoms with Gasteiger partial charge in [-0.3, -0.25) is 4.90 Å². The Kier molecular flexibility index (Phi) is 7.93. The average Bonchev–Trinajstić information content (AvgIpc) is 3.37. The number of aromatic nitrogens is 1. The zero-order valence-electron chi connectivity index (χ0n) is 21.1. The number of hydrogen-bond acceptors (Lipinski definition) is 5. The summed E-state index contributed by atoms with van der Waals surface area (Å²) in [6.07, 6.45) is 8.11. The number of hydrogen-bond donors (Lipinski definition) is 0. The molecule has 0 N–H and O–H groups in total. The molecule has 1 saturated heterocycles. The van der Waals surface area contributed by atoms with Crippen molar-refractivity contribution in [3.8, 4) is 0 Å². The molecule has 7 heteroatoms. The van der Waals surface area contributed by atoms with Crippen molar-refractivity contribution in [2.24, 2.45) is 0 Å². The quantitative estimate of drug-likeness (QED) is 0.481. The van der Waals surface area contributed by atoms with Crippen molar-refractivity contribution in [3.05, 3.63) is 59.8 Å². The standard InChI is InChI=1S/C28H37N3O4/c1-28(2,3)35-27(33)31(23-13-7-8-14-23)25-17-16-22(19-29-25)24-15-9-10-18-30(24)26(32)34-20-21-11-5-4-6-12-21/h4-6,11-12,16-17,19,23-24H,7-10,13-15,18,20H2,1-3H3/t24-/m0/s1. The fourth-order valence-corrected chi connectivity index (χ4v) is 4.94. The van der Waals surface area contributed by atoms with Gasteiger partial charge in [-0.1, -0.05) is 49.2 Å². The molecule has 1 saturated carbocycles. The number of anilines is 1. The number of piperidine rings is 1. The van der Waals surface area contributed by atoms with Crippen LogP contribution >= 0.6 is 0 Å². The minimum atomic E-state index is -0.573. The van der Waals surface area contributed by atoms with E-state index in [0.29, 0.717) is 12.4 Å². The Hall–Kier alpha value is -3.09. The summed E-state index contributed by atoms with van der Waals surface area (Å²) in [4.78, 5) is 34.2. The van der Waals surface area contributed by atoms with Gasteiger partial charge < -0.3 is 14.4 Å². The highest BCUT2D eigenvalue weighted by atomic mass is 16.6. The lowest BCUT2D eigenvalue weighted by Gasteiger charge is -2.35. The predicted octanol–water partition coefficient (Wildman–Crippen LogP) is 6.63. The minimum Gasteiger partial charge on any atom is -0.445 e. The molecule has 2 fully saturated rings. The van der Waals surface area contributed by atoms with E-state index in [0.717, 1.165) is 56.1 Å². The van der Waals surface area contributed by atoms with Crippen LogP contribution in [-0.4, -0.2) is 40.3 Å². The van der Waals surface area contributed by atoms with E-state index in [2.05, 4.69) is 4.98 Å². The Morgan fingerprint density at radius 1 is 1.00 bits per heavy atom. The summed E-state index contributed by atoms with van der Waals surface area (Å²) < 4.78 is 11.3. The monoisotopic (exact) mass is 479 g/mol. The maximum Gasteiger partial charge on any atom is 0.416 e. The lowest BCUT2D eigenvalue weighted by atomic mass is 9.97. The average molecular weight is 480 g/mol. The first kappa shape index (κ1) is 25.0. The lowest BCUT2D eigenvalue weighted by Crippen LogP contribution is -2.43. The fourth-order valence-electron chi connectivity index (χ4n) is 4.94. The summed E-state index contributed by atoms with van der Waals surface area (Å²) >= 11 is 0. The van der Waals surface area contributed by atoms with Crippen molar-refractivity contribution in [1.82, 2.24) is 9.88 Å². The second-order valence-corrected chi connectivity index (χ2v) is 10.5. The summed E-state index contributed by atoms with van der Waals surface area (Å²) in [6.45, 7) is 6.55. The second kappa shape index (κ2) is 11.1. The van der Waals surface area contributed by atoms with Crippen molar-refractivity contribution in [3.63, 3.8) is 0 Å². The predicted molar refractivity (Wildman–Crippen MR) is 135 cm³/mol. The van der Waals surface area contributed by atoms with Crippen molar-refractivity contribution in [1.29, 1.82) is 0 Å². The Morgan fingerprint density at radius 3 is 2.37 bits per heavy atom. The molecule has 7 nitrogen and oxygen atoms in total. The van der Waals surface area contributed by atoms with Gasteiger partial charge in [0.05, 0.1) is 6.04 Å². The smallest absolute Gasteiger partial charge is 0.416 e. The van der Waals surface area contributed by atoms with E-state index < -0.39 is 5.60 Å². The Balaban J connectivity index is 1.48. The minimum absolute atomic E-state index is 0.0879. The molecular formula is C28H37N3O4. The molecule has 2 heterocycles. The van der Waals surface area contributed by atoms with Gasteiger partial charge in [0.15, 0.2) is 0 Å². The van der Waals surface area contributed by atoms with E-state index in [4.69, 9.17) is 9.47 Å². The molecule has 1 aromatic carbocycles. The van der Waals surface area contributed by atoms with E-state index in [-0.39, 0.29) is 30.9 Å². The Labute approximate surface area is 208 Å². The molecule has 0 radical (unpaired) electrons. The third-order valence-corrected chi connectivity index (χ3v) is 6.62. The summed E-state index contributed by atoms with van der Waals surface area (Å²) in [7, 11) is 0. The second-order valence-electron chi connectivity index (χ2n) is 10.5. The normalized spacial score (nSPS) is 18.8. The SMILES string of the molecule is CC(C)(C)OC(=O)N(c1ccc([C@@H]2CCCCN2C(=O)OCc2ccccc2)cn1)C1CCCC1. The first-order valence-electron chi connectivity index (χ1n) is 12.8. The summed E-state index contributed by atoms with van der Waals surface area (Å²) in [5, 5.41) is 0. The number of benzene rings is 1. The van der Waals surface area contributed by atoms with Crippen LogP contribution in [0.5, 0.6) is 0 Å². The number of carbonyl (C=O) groups is 2. The van der Waals surface area contributed by atoms with Crippen LogP contribution in [0.1, 0.15) is 82.9 Å². The maximum atomic E-state index is 13.1. The van der Waals surface area contributed by atoms with Gasteiger partial charge in [-0.15, -0.1) is 0 Å². The molecule has 0 unspecified atom stereocenters. The van der Waals surface area contributed by atoms with Crippen LogP contribution in [0.4, 0.5) is 15.4 Å². The van der Waals surface area contributed by atoms with E-state index in [1.54, 1.807) is 11.1 Å². The summed E-state index contributed by atoms with van der Waals surface area (Å²) in [6, 6.07) is 13.6. The highest BCUT2D eigenvalue weighted by molar-refractivity contribution is 5.87. The molecule has 4 rings (SSSR count). The van der Waals surface area contributed by atoms with Crippen molar-refractivity contribution in [2.45, 2.75) is 90.0 Å². The molecule has 0 bridgehead atoms. The topological polar surface area (TPSA) is 72.0 Å². The third-order valence-electron chi connectivity index (χ3n) is 6.62. The van der Waals surface area contributed by atoms with Crippen LogP contribution < -0.4 is 4.90 Å². The molecule has 1 aromatic heterocycles. The highest BCUT2D eigenvalue weighted by Gasteiger charge is 2.33. The number of nitrogens with zero attached hydrogens (tertiary/aromatic N) is 3. The number of amides is 2. The van der Waals surface area contributed by atoms with Gasteiger partial charge in [-0.25, -0.2) is 14.6 Å². The number of ether oxygens (including phenoxy) is 2. The van der Waals surface area contributed by atoms with Gasteiger partial charge in [0.2, 0.25) is 0 Å². The van der Waals surface area contributed by atoms with Crippen molar-refractivity contribution < 1.29 is 19.1 Å². The molecule has 1 aliphatic heterocycles. The molecular weight excluding hydrogens is 442 g/mol. The van der Waals surface area contributed by atoms with Crippen molar-refractivity contribution in [2.75, 3.05) is 11.4 Å². The van der Waals surface area contributed by atoms with Gasteiger partial charge in [0.25, 0.3) is 0 Å². The van der Waals surface area contributed by atoms with Gasteiger partial charge in [0.1, 0.15) is 18.0 Å². The molecule has 2 aromatic rings. The Morgan fingerprint density at radius 2 is 1.71 bits per heavy atom. The molecule has 1 atom stereocenters. The van der Waals surface area contributed by atoms with E-state index in [1.807, 2.05) is 68.1 Å². The van der Waals surface area contributed by atoms with Gasteiger partial charge in [0, 0.05) is 18.8 Å². The molecule has 0 spiro atoms. The summed E-state index contributed by atoms with van der Waals surface area (Å²) in [5.41, 5.74) is 1.35. The summed E-state index contributed by atoms with van der Waals surface area (Å²) in [5.74, 6) is 0.601. The molecule has 2 amide bonds. The van der Waals surface area contributed by atoms with Crippen LogP contribution in [0.3, 0.4) is 0 Å². The zero-order chi connectivity index (χ0) is 24.8. The number of pyridine rings is 1. The molecule has 35 heavy (non-hydrogen) atoms. The van der Waals surface area contributed by atoms with Crippen LogP contribution in [0, 0.1) is 0 Å². The fraction of sp³-hybridized carbons (Fsp3) is 0.536. The van der Waals surface area contributed by atoms with Gasteiger partial charge in [-0.2, -0.15) is 0 Å². The first-order chi connectivity index (χ1) is 16.8. The molecule has 2 aliphatic rings. The number of likely N-dealkylation sites (tertiary alicyclic amines) is 1. The first-order valence-corrected chi connectivity index (χ1v) is 12.8. The molecule has 1 aliphatic carbocycles. The Bertz CT molecular complexity index is 982. The maximum absolute atomic E-state index is 13.1. The van der Waals surface area contributed by atoms with Gasteiger partial charge in [-0.05, 0) is 70.1 Å². The van der Waals surface area contributed by atoms with Crippen LogP contribution in [0.2, 0.25) is 0 Å². The highest BCUT2D eigenvalue weighted by Crippen LogP contribution is 2.33. The van der Waals surface area contributed by atoms with E-state index in [9.17, 15) is 9.59 Å². The zero-order valence-corrected chi connectivity index (χ0v) is 21.1.